The monoisotopic (exact) mass is 274 g/mol. The Labute approximate surface area is 119 Å². The molecule has 0 aliphatic carbocycles. The molecule has 0 unspecified atom stereocenters. The summed E-state index contributed by atoms with van der Waals surface area (Å²) in [6.45, 7) is 5.12. The predicted octanol–water partition coefficient (Wildman–Crippen LogP) is 2.95. The minimum Gasteiger partial charge on any atom is -0.228 e. The van der Waals surface area contributed by atoms with Crippen molar-refractivity contribution in [2.45, 2.75) is 38.4 Å². The van der Waals surface area contributed by atoms with Crippen molar-refractivity contribution in [3.05, 3.63) is 48.0 Å². The van der Waals surface area contributed by atoms with E-state index in [1.165, 1.54) is 12.8 Å². The Bertz CT molecular complexity index is 494. The van der Waals surface area contributed by atoms with Gasteiger partial charge in [0.25, 0.3) is 0 Å². The van der Waals surface area contributed by atoms with Gasteiger partial charge in [-0.15, -0.1) is 0 Å². The van der Waals surface area contributed by atoms with Crippen LogP contribution in [-0.4, -0.2) is 15.7 Å². The molecule has 100 valence electrons. The Morgan fingerprint density at radius 3 is 2.37 bits per heavy atom. The summed E-state index contributed by atoms with van der Waals surface area (Å²) < 4.78 is 2.22. The highest BCUT2D eigenvalue weighted by Crippen LogP contribution is 2.15. The van der Waals surface area contributed by atoms with Gasteiger partial charge in [-0.05, 0) is 26.3 Å². The summed E-state index contributed by atoms with van der Waals surface area (Å²) in [5.74, 6) is 1.08. The van der Waals surface area contributed by atoms with Gasteiger partial charge in [0.05, 0.1) is 0 Å². The molecular formula is C15H20N3S+. The van der Waals surface area contributed by atoms with Crippen molar-refractivity contribution in [2.24, 2.45) is 0 Å². The van der Waals surface area contributed by atoms with Gasteiger partial charge >= 0.3 is 0 Å². The maximum Gasteiger partial charge on any atom is 0.187 e. The third-order valence-electron chi connectivity index (χ3n) is 2.78. The first-order chi connectivity index (χ1) is 9.24. The summed E-state index contributed by atoms with van der Waals surface area (Å²) in [5.41, 5.74) is 2.10. The summed E-state index contributed by atoms with van der Waals surface area (Å²) in [6, 6.07) is 8.19. The van der Waals surface area contributed by atoms with Crippen LogP contribution in [0.3, 0.4) is 0 Å². The maximum absolute atomic E-state index is 4.44. The molecule has 0 bridgehead atoms. The Morgan fingerprint density at radius 2 is 1.68 bits per heavy atom. The molecule has 0 fully saturated rings. The fraction of sp³-hybridized carbons (Fsp3) is 0.400. The number of hydrogen-bond acceptors (Lipinski definition) is 3. The van der Waals surface area contributed by atoms with Gasteiger partial charge in [-0.2, -0.15) is 0 Å². The zero-order chi connectivity index (χ0) is 13.5. The maximum atomic E-state index is 4.44. The third-order valence-corrected chi connectivity index (χ3v) is 3.71. The fourth-order valence-electron chi connectivity index (χ4n) is 1.90. The number of rotatable bonds is 6. The molecule has 0 aliphatic rings. The molecule has 0 aliphatic heterocycles. The highest BCUT2D eigenvalue weighted by Gasteiger charge is 2.02. The number of hydrogen-bond donors (Lipinski definition) is 0. The number of nitrogens with zero attached hydrogens (tertiary/aromatic N) is 3. The van der Waals surface area contributed by atoms with Crippen LogP contribution < -0.4 is 4.57 Å². The molecular weight excluding hydrogens is 254 g/mol. The topological polar surface area (TPSA) is 29.7 Å². The smallest absolute Gasteiger partial charge is 0.187 e. The van der Waals surface area contributed by atoms with Gasteiger partial charge in [-0.1, -0.05) is 17.8 Å². The van der Waals surface area contributed by atoms with E-state index in [-0.39, 0.29) is 0 Å². The zero-order valence-electron chi connectivity index (χ0n) is 11.5. The summed E-state index contributed by atoms with van der Waals surface area (Å²) in [6.07, 6.45) is 6.59. The van der Waals surface area contributed by atoms with E-state index in [9.17, 15) is 0 Å². The molecule has 19 heavy (non-hydrogen) atoms. The number of aromatic nitrogens is 3. The van der Waals surface area contributed by atoms with Gasteiger partial charge in [0.2, 0.25) is 0 Å². The van der Waals surface area contributed by atoms with Crippen molar-refractivity contribution >= 4 is 11.8 Å². The lowest BCUT2D eigenvalue weighted by atomic mass is 10.3. The second-order valence-electron chi connectivity index (χ2n) is 4.60. The quantitative estimate of drug-likeness (QED) is 0.351. The Morgan fingerprint density at radius 1 is 1.00 bits per heavy atom. The van der Waals surface area contributed by atoms with Crippen molar-refractivity contribution in [1.29, 1.82) is 0 Å². The van der Waals surface area contributed by atoms with Crippen LogP contribution in [0.4, 0.5) is 0 Å². The first-order valence-electron chi connectivity index (χ1n) is 6.63. The first-order valence-corrected chi connectivity index (χ1v) is 7.62. The first kappa shape index (κ1) is 14.0. The number of pyridine rings is 1. The number of aryl methyl sites for hydroxylation is 3. The lowest BCUT2D eigenvalue weighted by Gasteiger charge is -2.02. The standard InChI is InChI=1S/C15H20N3S/c1-13-12-14(2)17-15(16-13)19-11-7-6-10-18-8-4-3-5-9-18/h3-5,8-9,12H,6-7,10-11H2,1-2H3/q+1. The largest absolute Gasteiger partial charge is 0.228 e. The lowest BCUT2D eigenvalue weighted by Crippen LogP contribution is -2.32. The Hall–Kier alpha value is -1.42. The van der Waals surface area contributed by atoms with Gasteiger partial charge in [0.15, 0.2) is 17.6 Å². The van der Waals surface area contributed by atoms with Crippen LogP contribution in [0.1, 0.15) is 24.2 Å². The molecule has 0 saturated heterocycles. The van der Waals surface area contributed by atoms with Crippen LogP contribution in [0.2, 0.25) is 0 Å². The van der Waals surface area contributed by atoms with Crippen molar-refractivity contribution < 1.29 is 4.57 Å². The van der Waals surface area contributed by atoms with Gasteiger partial charge in [0, 0.05) is 35.7 Å². The second kappa shape index (κ2) is 7.24. The van der Waals surface area contributed by atoms with E-state index in [2.05, 4.69) is 39.1 Å². The minimum atomic E-state index is 0.907. The van der Waals surface area contributed by atoms with Crippen molar-refractivity contribution in [3.63, 3.8) is 0 Å². The molecule has 0 N–H and O–H groups in total. The highest BCUT2D eigenvalue weighted by molar-refractivity contribution is 7.99. The molecule has 2 heterocycles. The molecule has 4 heteroatoms. The average molecular weight is 274 g/mol. The molecule has 0 aromatic carbocycles. The predicted molar refractivity (Wildman–Crippen MR) is 78.1 cm³/mol. The zero-order valence-corrected chi connectivity index (χ0v) is 12.4. The van der Waals surface area contributed by atoms with Gasteiger partial charge in [-0.25, -0.2) is 14.5 Å². The van der Waals surface area contributed by atoms with Crippen LogP contribution in [0.15, 0.2) is 41.8 Å². The van der Waals surface area contributed by atoms with E-state index < -0.39 is 0 Å². The number of unbranched alkanes of at least 4 members (excludes halogenated alkanes) is 1. The Balaban J connectivity index is 1.69. The average Bonchev–Trinajstić information content (AvgIpc) is 2.38. The molecule has 3 nitrogen and oxygen atoms in total. The van der Waals surface area contributed by atoms with Gasteiger partial charge in [-0.3, -0.25) is 0 Å². The summed E-state index contributed by atoms with van der Waals surface area (Å²) in [5, 5.41) is 0.907. The molecule has 0 spiro atoms. The van der Waals surface area contributed by atoms with Crippen molar-refractivity contribution in [1.82, 2.24) is 9.97 Å². The van der Waals surface area contributed by atoms with Gasteiger partial charge in [0.1, 0.15) is 6.54 Å². The Kier molecular flexibility index (Phi) is 5.33. The van der Waals surface area contributed by atoms with Crippen LogP contribution >= 0.6 is 11.8 Å². The highest BCUT2D eigenvalue weighted by atomic mass is 32.2. The summed E-state index contributed by atoms with van der Waals surface area (Å²) in [7, 11) is 0. The van der Waals surface area contributed by atoms with Crippen molar-refractivity contribution in [2.75, 3.05) is 5.75 Å². The summed E-state index contributed by atoms with van der Waals surface area (Å²) in [4.78, 5) is 8.87. The normalized spacial score (nSPS) is 10.6. The van der Waals surface area contributed by atoms with Crippen LogP contribution in [-0.2, 0) is 6.54 Å². The molecule has 0 saturated carbocycles. The number of thioether (sulfide) groups is 1. The fourth-order valence-corrected chi connectivity index (χ4v) is 2.85. The molecule has 2 aromatic rings. The molecule has 0 atom stereocenters. The van der Waals surface area contributed by atoms with E-state index in [1.54, 1.807) is 11.8 Å². The second-order valence-corrected chi connectivity index (χ2v) is 5.66. The van der Waals surface area contributed by atoms with E-state index in [4.69, 9.17) is 0 Å². The molecule has 0 amide bonds. The van der Waals surface area contributed by atoms with E-state index in [0.29, 0.717) is 0 Å². The third kappa shape index (κ3) is 4.99. The van der Waals surface area contributed by atoms with Crippen molar-refractivity contribution in [3.8, 4) is 0 Å². The van der Waals surface area contributed by atoms with E-state index in [0.717, 1.165) is 28.8 Å². The van der Waals surface area contributed by atoms with Gasteiger partial charge < -0.3 is 0 Å². The molecule has 0 radical (unpaired) electrons. The van der Waals surface area contributed by atoms with Crippen LogP contribution in [0.5, 0.6) is 0 Å². The summed E-state index contributed by atoms with van der Waals surface area (Å²) >= 11 is 1.75. The van der Waals surface area contributed by atoms with E-state index >= 15 is 0 Å². The van der Waals surface area contributed by atoms with Crippen LogP contribution in [0, 0.1) is 13.8 Å². The van der Waals surface area contributed by atoms with E-state index in [1.807, 2.05) is 26.0 Å². The SMILES string of the molecule is Cc1cc(C)nc(SCCCC[n+]2ccccc2)n1. The molecule has 2 rings (SSSR count). The lowest BCUT2D eigenvalue weighted by molar-refractivity contribution is -0.697. The minimum absolute atomic E-state index is 0.907. The molecule has 2 aromatic heterocycles. The van der Waals surface area contributed by atoms with Crippen LogP contribution in [0.25, 0.3) is 0 Å².